The van der Waals surface area contributed by atoms with E-state index in [2.05, 4.69) is 10.3 Å². The molecule has 3 aromatic rings. The van der Waals surface area contributed by atoms with E-state index in [-0.39, 0.29) is 19.0 Å². The zero-order valence-corrected chi connectivity index (χ0v) is 18.3. The van der Waals surface area contributed by atoms with E-state index in [4.69, 9.17) is 33.8 Å². The van der Waals surface area contributed by atoms with E-state index in [1.807, 2.05) is 30.3 Å². The lowest BCUT2D eigenvalue weighted by molar-refractivity contribution is -0.0416. The SMILES string of the molecule is NN1C(CNC(=O)OCc2ccccc2)=Nc2ccc(Cl)cc2C1(O)c1ccccc1Cl. The third-order valence-corrected chi connectivity index (χ3v) is 5.63. The molecule has 1 amide bonds. The topological polar surface area (TPSA) is 100 Å². The molecule has 0 fully saturated rings. The second-order valence-electron chi connectivity index (χ2n) is 7.13. The van der Waals surface area contributed by atoms with Gasteiger partial charge in [0.1, 0.15) is 12.4 Å². The Morgan fingerprint density at radius 2 is 1.78 bits per heavy atom. The van der Waals surface area contributed by atoms with E-state index in [9.17, 15) is 9.90 Å². The summed E-state index contributed by atoms with van der Waals surface area (Å²) in [5, 5.41) is 16.2. The second-order valence-corrected chi connectivity index (χ2v) is 7.97. The van der Waals surface area contributed by atoms with Gasteiger partial charge in [0, 0.05) is 21.2 Å². The minimum atomic E-state index is -1.86. The maximum Gasteiger partial charge on any atom is 0.407 e. The fourth-order valence-electron chi connectivity index (χ4n) is 3.46. The van der Waals surface area contributed by atoms with Crippen molar-refractivity contribution in [2.24, 2.45) is 10.8 Å². The highest BCUT2D eigenvalue weighted by Gasteiger charge is 2.45. The number of hydrogen-bond donors (Lipinski definition) is 3. The lowest BCUT2D eigenvalue weighted by Gasteiger charge is -2.42. The number of ether oxygens (including phenoxy) is 1. The molecule has 1 unspecified atom stereocenters. The third-order valence-electron chi connectivity index (χ3n) is 5.06. The number of hydrazine groups is 1. The summed E-state index contributed by atoms with van der Waals surface area (Å²) in [6, 6.07) is 21.0. The Balaban J connectivity index is 1.59. The van der Waals surface area contributed by atoms with Crippen LogP contribution in [0.15, 0.2) is 77.8 Å². The Hall–Kier alpha value is -3.10. The van der Waals surface area contributed by atoms with Crippen molar-refractivity contribution in [3.8, 4) is 0 Å². The Labute approximate surface area is 195 Å². The van der Waals surface area contributed by atoms with Crippen molar-refractivity contribution in [3.05, 3.63) is 99.5 Å². The minimum absolute atomic E-state index is 0.0844. The van der Waals surface area contributed by atoms with Crippen LogP contribution in [0.5, 0.6) is 0 Å². The molecule has 0 spiro atoms. The number of nitrogens with one attached hydrogen (secondary N) is 1. The van der Waals surface area contributed by atoms with Crippen LogP contribution in [-0.4, -0.2) is 28.6 Å². The first-order chi connectivity index (χ1) is 15.4. The van der Waals surface area contributed by atoms with Crippen LogP contribution in [-0.2, 0) is 17.1 Å². The third kappa shape index (κ3) is 4.28. The van der Waals surface area contributed by atoms with Crippen molar-refractivity contribution in [1.29, 1.82) is 0 Å². The van der Waals surface area contributed by atoms with Gasteiger partial charge in [-0.25, -0.2) is 15.6 Å². The molecule has 4 rings (SSSR count). The number of carbonyl (C=O) groups is 1. The quantitative estimate of drug-likeness (QED) is 0.481. The molecule has 0 saturated carbocycles. The Bertz CT molecular complexity index is 1170. The van der Waals surface area contributed by atoms with Gasteiger partial charge >= 0.3 is 6.09 Å². The number of nitrogens with two attached hydrogens (primary N) is 1. The molecule has 1 heterocycles. The molecule has 1 atom stereocenters. The summed E-state index contributed by atoms with van der Waals surface area (Å²) < 4.78 is 5.23. The average molecular weight is 471 g/mol. The van der Waals surface area contributed by atoms with Gasteiger partial charge in [-0.3, -0.25) is 5.01 Å². The van der Waals surface area contributed by atoms with E-state index >= 15 is 0 Å². The minimum Gasteiger partial charge on any atom is -0.445 e. The van der Waals surface area contributed by atoms with Gasteiger partial charge < -0.3 is 15.2 Å². The van der Waals surface area contributed by atoms with Crippen molar-refractivity contribution in [3.63, 3.8) is 0 Å². The molecule has 3 aromatic carbocycles. The summed E-state index contributed by atoms with van der Waals surface area (Å²) in [6.07, 6.45) is -0.645. The van der Waals surface area contributed by atoms with Crippen molar-refractivity contribution in [1.82, 2.24) is 10.3 Å². The number of halogens is 2. The van der Waals surface area contributed by atoms with Crippen molar-refractivity contribution in [2.45, 2.75) is 12.3 Å². The maximum absolute atomic E-state index is 12.2. The van der Waals surface area contributed by atoms with E-state index in [0.717, 1.165) is 10.6 Å². The summed E-state index contributed by atoms with van der Waals surface area (Å²) in [5.41, 5.74) is 0.179. The number of amides is 1. The summed E-state index contributed by atoms with van der Waals surface area (Å²) in [5.74, 6) is 6.54. The van der Waals surface area contributed by atoms with E-state index in [1.54, 1.807) is 42.5 Å². The van der Waals surface area contributed by atoms with Gasteiger partial charge in [-0.15, -0.1) is 0 Å². The molecule has 0 radical (unpaired) electrons. The van der Waals surface area contributed by atoms with Crippen LogP contribution < -0.4 is 11.2 Å². The van der Waals surface area contributed by atoms with Crippen molar-refractivity contribution >= 4 is 40.8 Å². The van der Waals surface area contributed by atoms with Gasteiger partial charge in [-0.05, 0) is 29.8 Å². The van der Waals surface area contributed by atoms with Crippen LogP contribution in [0.1, 0.15) is 16.7 Å². The van der Waals surface area contributed by atoms with Gasteiger partial charge in [-0.2, -0.15) is 0 Å². The number of hydrogen-bond acceptors (Lipinski definition) is 6. The molecule has 164 valence electrons. The van der Waals surface area contributed by atoms with Gasteiger partial charge in [0.25, 0.3) is 0 Å². The number of amidine groups is 1. The van der Waals surface area contributed by atoms with Gasteiger partial charge in [0.05, 0.1) is 12.2 Å². The zero-order valence-electron chi connectivity index (χ0n) is 16.8. The van der Waals surface area contributed by atoms with Crippen molar-refractivity contribution < 1.29 is 14.6 Å². The summed E-state index contributed by atoms with van der Waals surface area (Å²) >= 11 is 12.6. The molecular weight excluding hydrogens is 451 g/mol. The number of nitrogens with zero attached hydrogens (tertiary/aromatic N) is 2. The number of alkyl carbamates (subject to hydrolysis) is 1. The first kappa shape index (κ1) is 22.1. The number of benzene rings is 3. The van der Waals surface area contributed by atoms with E-state index in [0.29, 0.717) is 26.9 Å². The van der Waals surface area contributed by atoms with Crippen LogP contribution in [0.3, 0.4) is 0 Å². The smallest absolute Gasteiger partial charge is 0.407 e. The van der Waals surface area contributed by atoms with Crippen LogP contribution in [0.4, 0.5) is 10.5 Å². The lowest BCUT2D eigenvalue weighted by Crippen LogP contribution is -2.58. The predicted octanol–water partition coefficient (Wildman–Crippen LogP) is 4.33. The Morgan fingerprint density at radius 3 is 2.53 bits per heavy atom. The zero-order chi connectivity index (χ0) is 22.7. The normalized spacial score (nSPS) is 17.4. The number of carbonyl (C=O) groups excluding carboxylic acids is 1. The molecule has 0 aliphatic carbocycles. The lowest BCUT2D eigenvalue weighted by atomic mass is 9.90. The van der Waals surface area contributed by atoms with Gasteiger partial charge in [0.2, 0.25) is 5.72 Å². The fraction of sp³-hybridized carbons (Fsp3) is 0.130. The molecule has 7 nitrogen and oxygen atoms in total. The van der Waals surface area contributed by atoms with Gasteiger partial charge in [-0.1, -0.05) is 71.7 Å². The molecule has 0 aromatic heterocycles. The number of rotatable bonds is 5. The van der Waals surface area contributed by atoms with E-state index < -0.39 is 11.8 Å². The highest BCUT2D eigenvalue weighted by atomic mass is 35.5. The van der Waals surface area contributed by atoms with Crippen LogP contribution >= 0.6 is 23.2 Å². The molecule has 4 N–H and O–H groups in total. The first-order valence-electron chi connectivity index (χ1n) is 9.74. The van der Waals surface area contributed by atoms with E-state index in [1.165, 1.54) is 0 Å². The molecule has 1 aliphatic heterocycles. The number of aliphatic imine (C=N–C) groups is 1. The number of aliphatic hydroxyl groups is 1. The van der Waals surface area contributed by atoms with Crippen molar-refractivity contribution in [2.75, 3.05) is 6.54 Å². The summed E-state index contributed by atoms with van der Waals surface area (Å²) in [4.78, 5) is 16.7. The largest absolute Gasteiger partial charge is 0.445 e. The predicted molar refractivity (Wildman–Crippen MR) is 124 cm³/mol. The Morgan fingerprint density at radius 1 is 1.06 bits per heavy atom. The highest BCUT2D eigenvalue weighted by Crippen LogP contribution is 2.44. The van der Waals surface area contributed by atoms with Crippen LogP contribution in [0.25, 0.3) is 0 Å². The standard InChI is InChI=1S/C23H20Cl2N4O3/c24-16-10-11-20-18(12-16)23(31,17-8-4-5-9-19(17)25)29(26)21(28-20)13-27-22(30)32-14-15-6-2-1-3-7-15/h1-12,31H,13-14,26H2,(H,27,30). The average Bonchev–Trinajstić information content (AvgIpc) is 2.80. The monoisotopic (exact) mass is 470 g/mol. The molecule has 0 bridgehead atoms. The summed E-state index contributed by atoms with van der Waals surface area (Å²) in [6.45, 7) is 0.0370. The maximum atomic E-state index is 12.2. The van der Waals surface area contributed by atoms with Crippen LogP contribution in [0, 0.1) is 0 Å². The van der Waals surface area contributed by atoms with Gasteiger partial charge in [0.15, 0.2) is 0 Å². The molecule has 9 heteroatoms. The second kappa shape index (κ2) is 9.18. The highest BCUT2D eigenvalue weighted by molar-refractivity contribution is 6.31. The van der Waals surface area contributed by atoms with Crippen LogP contribution in [0.2, 0.25) is 10.0 Å². The molecule has 1 aliphatic rings. The fourth-order valence-corrected chi connectivity index (χ4v) is 3.90. The summed E-state index contributed by atoms with van der Waals surface area (Å²) in [7, 11) is 0. The molecular formula is C23H20Cl2N4O3. The molecule has 32 heavy (non-hydrogen) atoms. The first-order valence-corrected chi connectivity index (χ1v) is 10.5. The Kier molecular flexibility index (Phi) is 6.34. The molecule has 0 saturated heterocycles. The number of fused-ring (bicyclic) bond motifs is 1.